The fraction of sp³-hybridized carbons (Fsp3) is 0.533. The number of halogens is 2. The molecule has 0 unspecified atom stereocenters. The van der Waals surface area contributed by atoms with Crippen LogP contribution in [0.15, 0.2) is 23.1 Å². The Morgan fingerprint density at radius 1 is 1.40 bits per heavy atom. The zero-order chi connectivity index (χ0) is 19.0. The lowest BCUT2D eigenvalue weighted by Gasteiger charge is -2.18. The van der Waals surface area contributed by atoms with Crippen LogP contribution < -0.4 is 14.9 Å². The van der Waals surface area contributed by atoms with E-state index in [2.05, 4.69) is 10.0 Å². The van der Waals surface area contributed by atoms with Gasteiger partial charge in [0.15, 0.2) is 0 Å². The lowest BCUT2D eigenvalue weighted by atomic mass is 10.2. The van der Waals surface area contributed by atoms with Gasteiger partial charge in [0.2, 0.25) is 15.9 Å². The molecule has 0 aliphatic carbocycles. The van der Waals surface area contributed by atoms with Gasteiger partial charge in [-0.2, -0.15) is 16.5 Å². The summed E-state index contributed by atoms with van der Waals surface area (Å²) in [4.78, 5) is 13.3. The number of sulfonamides is 1. The number of quaternary nitrogens is 1. The van der Waals surface area contributed by atoms with Crippen LogP contribution in [0, 0.1) is 5.82 Å². The largest absolute Gasteiger partial charge is 0.349 e. The van der Waals surface area contributed by atoms with Gasteiger partial charge in [-0.25, -0.2) is 12.8 Å². The van der Waals surface area contributed by atoms with Crippen molar-refractivity contribution in [1.82, 2.24) is 10.0 Å². The fourth-order valence-electron chi connectivity index (χ4n) is 1.94. The molecule has 0 aliphatic heterocycles. The summed E-state index contributed by atoms with van der Waals surface area (Å²) in [5, 5.41) is 2.45. The first kappa shape index (κ1) is 22.2. The van der Waals surface area contributed by atoms with Gasteiger partial charge in [0.05, 0.1) is 37.1 Å². The molecule has 1 atom stereocenters. The Morgan fingerprint density at radius 3 is 2.64 bits per heavy atom. The molecule has 142 valence electrons. The van der Waals surface area contributed by atoms with E-state index in [1.54, 1.807) is 0 Å². The van der Waals surface area contributed by atoms with E-state index in [-0.39, 0.29) is 15.8 Å². The Bertz CT molecular complexity index is 687. The van der Waals surface area contributed by atoms with Crippen molar-refractivity contribution < 1.29 is 22.5 Å². The number of nitrogens with one attached hydrogen (secondary N) is 3. The molecule has 1 aromatic rings. The second kappa shape index (κ2) is 10.3. The number of benzene rings is 1. The molecule has 3 N–H and O–H groups in total. The number of carbonyl (C=O) groups excluding carboxylic acids is 1. The van der Waals surface area contributed by atoms with Gasteiger partial charge in [-0.1, -0.05) is 11.6 Å². The maximum Gasteiger partial charge on any atom is 0.241 e. The number of amides is 1. The minimum absolute atomic E-state index is 0.182. The second-order valence-corrected chi connectivity index (χ2v) is 8.89. The lowest BCUT2D eigenvalue weighted by Crippen LogP contribution is -3.06. The molecule has 0 heterocycles. The molecule has 0 fully saturated rings. The minimum atomic E-state index is -3.99. The number of thioether (sulfide) groups is 1. The van der Waals surface area contributed by atoms with Gasteiger partial charge in [-0.3, -0.25) is 4.79 Å². The van der Waals surface area contributed by atoms with E-state index >= 15 is 0 Å². The van der Waals surface area contributed by atoms with Crippen molar-refractivity contribution in [3.8, 4) is 0 Å². The molecule has 0 aromatic heterocycles. The second-order valence-electron chi connectivity index (χ2n) is 5.78. The Kier molecular flexibility index (Phi) is 9.15. The van der Waals surface area contributed by atoms with E-state index in [4.69, 9.17) is 11.6 Å². The maximum absolute atomic E-state index is 13.2. The summed E-state index contributed by atoms with van der Waals surface area (Å²) in [7, 11) is -0.0786. The number of rotatable bonds is 10. The van der Waals surface area contributed by atoms with Crippen LogP contribution >= 0.6 is 23.4 Å². The molecule has 0 radical (unpaired) electrons. The highest BCUT2D eigenvalue weighted by molar-refractivity contribution is 7.98. The van der Waals surface area contributed by atoms with Gasteiger partial charge in [-0.15, -0.1) is 0 Å². The van der Waals surface area contributed by atoms with E-state index in [1.807, 2.05) is 20.4 Å². The van der Waals surface area contributed by atoms with E-state index < -0.39 is 21.9 Å². The third-order valence-electron chi connectivity index (χ3n) is 3.35. The summed E-state index contributed by atoms with van der Waals surface area (Å²) in [6.07, 6.45) is 2.22. The lowest BCUT2D eigenvalue weighted by molar-refractivity contribution is -0.856. The first-order valence-electron chi connectivity index (χ1n) is 7.70. The predicted molar refractivity (Wildman–Crippen MR) is 99.2 cm³/mol. The molecule has 1 rings (SSSR count). The molecule has 1 amide bonds. The third kappa shape index (κ3) is 7.49. The monoisotopic (exact) mass is 412 g/mol. The van der Waals surface area contributed by atoms with Gasteiger partial charge < -0.3 is 10.2 Å². The van der Waals surface area contributed by atoms with Crippen molar-refractivity contribution in [2.75, 3.05) is 39.2 Å². The number of hydrogen-bond donors (Lipinski definition) is 3. The Hall–Kier alpha value is -0.870. The first-order chi connectivity index (χ1) is 11.7. The van der Waals surface area contributed by atoms with E-state index in [0.29, 0.717) is 18.7 Å². The molecule has 0 bridgehead atoms. The van der Waals surface area contributed by atoms with E-state index in [1.165, 1.54) is 16.7 Å². The van der Waals surface area contributed by atoms with Gasteiger partial charge >= 0.3 is 0 Å². The summed E-state index contributed by atoms with van der Waals surface area (Å²) in [6.45, 7) is 1.17. The summed E-state index contributed by atoms with van der Waals surface area (Å²) < 4.78 is 40.6. The van der Waals surface area contributed by atoms with Crippen LogP contribution in [-0.4, -0.2) is 59.6 Å². The zero-order valence-corrected chi connectivity index (χ0v) is 16.8. The van der Waals surface area contributed by atoms with Crippen LogP contribution in [0.1, 0.15) is 6.42 Å². The van der Waals surface area contributed by atoms with Gasteiger partial charge in [0, 0.05) is 0 Å². The van der Waals surface area contributed by atoms with Gasteiger partial charge in [0.25, 0.3) is 0 Å². The maximum atomic E-state index is 13.2. The van der Waals surface area contributed by atoms with Crippen molar-refractivity contribution in [3.05, 3.63) is 29.0 Å². The molecule has 0 spiro atoms. The van der Waals surface area contributed by atoms with E-state index in [9.17, 15) is 17.6 Å². The zero-order valence-electron chi connectivity index (χ0n) is 14.4. The third-order valence-corrected chi connectivity index (χ3v) is 5.75. The van der Waals surface area contributed by atoms with Crippen molar-refractivity contribution in [1.29, 1.82) is 0 Å². The summed E-state index contributed by atoms with van der Waals surface area (Å²) >= 11 is 7.16. The van der Waals surface area contributed by atoms with Crippen LogP contribution in [0.5, 0.6) is 0 Å². The highest BCUT2D eigenvalue weighted by atomic mass is 35.5. The fourth-order valence-corrected chi connectivity index (χ4v) is 3.91. The van der Waals surface area contributed by atoms with Gasteiger partial charge in [-0.05, 0) is 36.6 Å². The molecule has 10 heteroatoms. The highest BCUT2D eigenvalue weighted by Crippen LogP contribution is 2.19. The average Bonchev–Trinajstić information content (AvgIpc) is 2.53. The SMILES string of the molecule is CSCC[C@H](NS(=O)(=O)c1ccc(F)c(Cl)c1)C(=O)NCC[NH+](C)C. The highest BCUT2D eigenvalue weighted by Gasteiger charge is 2.26. The summed E-state index contributed by atoms with van der Waals surface area (Å²) in [5.41, 5.74) is 0. The molecular formula is C15H24ClFN3O3S2+. The predicted octanol–water partition coefficient (Wildman–Crippen LogP) is 0.140. The standard InChI is InChI=1S/C15H23ClFN3O3S2/c1-20(2)8-7-18-15(21)14(6-9-24-3)19-25(22,23)11-4-5-13(17)12(16)10-11/h4-5,10,14,19H,6-9H2,1-3H3,(H,18,21)/p+1/t14-/m0/s1. The molecule has 0 saturated heterocycles. The normalized spacial score (nSPS) is 13.0. The Morgan fingerprint density at radius 2 is 2.08 bits per heavy atom. The average molecular weight is 413 g/mol. The van der Waals surface area contributed by atoms with Crippen LogP contribution in [0.2, 0.25) is 5.02 Å². The molecule has 25 heavy (non-hydrogen) atoms. The molecule has 0 saturated carbocycles. The van der Waals surface area contributed by atoms with Crippen molar-refractivity contribution in [2.45, 2.75) is 17.4 Å². The Labute approximate surface area is 157 Å². The molecule has 6 nitrogen and oxygen atoms in total. The molecule has 1 aromatic carbocycles. The quantitative estimate of drug-likeness (QED) is 0.510. The van der Waals surface area contributed by atoms with Crippen molar-refractivity contribution in [3.63, 3.8) is 0 Å². The summed E-state index contributed by atoms with van der Waals surface area (Å²) in [6, 6.07) is 2.22. The Balaban J connectivity index is 2.87. The number of likely N-dealkylation sites (N-methyl/N-ethyl adjacent to an activating group) is 1. The summed E-state index contributed by atoms with van der Waals surface area (Å²) in [5.74, 6) is -0.473. The van der Waals surface area contributed by atoms with Crippen molar-refractivity contribution in [2.24, 2.45) is 0 Å². The number of hydrogen-bond acceptors (Lipinski definition) is 4. The van der Waals surface area contributed by atoms with Gasteiger partial charge in [0.1, 0.15) is 11.9 Å². The van der Waals surface area contributed by atoms with Crippen LogP contribution in [0.25, 0.3) is 0 Å². The smallest absolute Gasteiger partial charge is 0.241 e. The number of carbonyl (C=O) groups is 1. The van der Waals surface area contributed by atoms with Crippen molar-refractivity contribution >= 4 is 39.3 Å². The topological polar surface area (TPSA) is 79.7 Å². The van der Waals surface area contributed by atoms with Crippen LogP contribution in [-0.2, 0) is 14.8 Å². The minimum Gasteiger partial charge on any atom is -0.349 e. The molecular weight excluding hydrogens is 389 g/mol. The van der Waals surface area contributed by atoms with Crippen LogP contribution in [0.4, 0.5) is 4.39 Å². The molecule has 0 aliphatic rings. The first-order valence-corrected chi connectivity index (χ1v) is 11.0. The van der Waals surface area contributed by atoms with Crippen LogP contribution in [0.3, 0.4) is 0 Å². The van der Waals surface area contributed by atoms with E-state index in [0.717, 1.165) is 24.7 Å².